The summed E-state index contributed by atoms with van der Waals surface area (Å²) in [6.07, 6.45) is 0. The second-order valence-corrected chi connectivity index (χ2v) is 5.64. The zero-order valence-corrected chi connectivity index (χ0v) is 11.8. The van der Waals surface area contributed by atoms with Gasteiger partial charge in [0.15, 0.2) is 0 Å². The molecule has 2 rings (SSSR count). The second-order valence-electron chi connectivity index (χ2n) is 4.14. The van der Waals surface area contributed by atoms with Crippen molar-refractivity contribution >= 4 is 23.4 Å². The third-order valence-corrected chi connectivity index (χ3v) is 3.75. The Labute approximate surface area is 116 Å². The van der Waals surface area contributed by atoms with Gasteiger partial charge in [-0.15, -0.1) is 0 Å². The van der Waals surface area contributed by atoms with Crippen molar-refractivity contribution in [1.29, 1.82) is 0 Å². The maximum Gasteiger partial charge on any atom is 0.101 e. The molecule has 0 unspecified atom stereocenters. The van der Waals surface area contributed by atoms with Crippen LogP contribution in [0.5, 0.6) is 0 Å². The molecule has 0 fully saturated rings. The highest BCUT2D eigenvalue weighted by Crippen LogP contribution is 2.30. The monoisotopic (exact) mass is 279 g/mol. The van der Waals surface area contributed by atoms with Crippen molar-refractivity contribution in [3.05, 3.63) is 52.2 Å². The molecule has 0 saturated carbocycles. The number of pyridine rings is 1. The Bertz CT molecular complexity index is 551. The van der Waals surface area contributed by atoms with Gasteiger partial charge in [-0.1, -0.05) is 29.4 Å². The third kappa shape index (κ3) is 3.25. The summed E-state index contributed by atoms with van der Waals surface area (Å²) in [5.74, 6) is 0. The molecule has 18 heavy (non-hydrogen) atoms. The molecule has 2 nitrogen and oxygen atoms in total. The number of aryl methyl sites for hydroxylation is 2. The van der Waals surface area contributed by atoms with E-state index in [0.717, 1.165) is 21.2 Å². The third-order valence-electron chi connectivity index (χ3n) is 2.49. The normalized spacial score (nSPS) is 10.7. The molecule has 0 atom stereocenters. The summed E-state index contributed by atoms with van der Waals surface area (Å²) in [4.78, 5) is 5.49. The predicted octanol–water partition coefficient (Wildman–Crippen LogP) is 4.00. The standard InChI is InChI=1S/C14H14ClNOS/c1-9-5-10(2)16-14(6-9)18-12-4-3-11(8-17)13(15)7-12/h3-7,17H,8H2,1-2H3. The van der Waals surface area contributed by atoms with Gasteiger partial charge in [0.1, 0.15) is 5.03 Å². The maximum atomic E-state index is 9.07. The lowest BCUT2D eigenvalue weighted by Crippen LogP contribution is -1.88. The highest BCUT2D eigenvalue weighted by atomic mass is 35.5. The Morgan fingerprint density at radius 1 is 1.22 bits per heavy atom. The minimum Gasteiger partial charge on any atom is -0.392 e. The van der Waals surface area contributed by atoms with E-state index in [0.29, 0.717) is 5.02 Å². The van der Waals surface area contributed by atoms with Crippen molar-refractivity contribution in [3.8, 4) is 0 Å². The first-order valence-electron chi connectivity index (χ1n) is 5.61. The molecule has 1 aromatic heterocycles. The molecular weight excluding hydrogens is 266 g/mol. The van der Waals surface area contributed by atoms with Crippen molar-refractivity contribution in [2.24, 2.45) is 0 Å². The van der Waals surface area contributed by atoms with Crippen LogP contribution in [0.3, 0.4) is 0 Å². The Morgan fingerprint density at radius 3 is 2.61 bits per heavy atom. The summed E-state index contributed by atoms with van der Waals surface area (Å²) in [6.45, 7) is 4.01. The summed E-state index contributed by atoms with van der Waals surface area (Å²) in [6, 6.07) is 9.74. The average molecular weight is 280 g/mol. The zero-order chi connectivity index (χ0) is 13.1. The van der Waals surface area contributed by atoms with E-state index in [1.54, 1.807) is 11.8 Å². The molecule has 0 aliphatic carbocycles. The lowest BCUT2D eigenvalue weighted by atomic mass is 10.2. The summed E-state index contributed by atoms with van der Waals surface area (Å²) < 4.78 is 0. The molecule has 0 aliphatic heterocycles. The fraction of sp³-hybridized carbons (Fsp3) is 0.214. The van der Waals surface area contributed by atoms with Crippen LogP contribution in [0.1, 0.15) is 16.8 Å². The first kappa shape index (κ1) is 13.4. The number of aliphatic hydroxyl groups is 1. The molecule has 1 N–H and O–H groups in total. The Balaban J connectivity index is 2.25. The fourth-order valence-corrected chi connectivity index (χ4v) is 2.99. The van der Waals surface area contributed by atoms with E-state index in [1.807, 2.05) is 37.3 Å². The van der Waals surface area contributed by atoms with Crippen LogP contribution in [0.15, 0.2) is 40.3 Å². The van der Waals surface area contributed by atoms with Crippen LogP contribution < -0.4 is 0 Å². The topological polar surface area (TPSA) is 33.1 Å². The number of halogens is 1. The maximum absolute atomic E-state index is 9.07. The predicted molar refractivity (Wildman–Crippen MR) is 75.2 cm³/mol. The van der Waals surface area contributed by atoms with Gasteiger partial charge in [-0.2, -0.15) is 0 Å². The number of rotatable bonds is 3. The summed E-state index contributed by atoms with van der Waals surface area (Å²) in [5.41, 5.74) is 2.95. The number of aromatic nitrogens is 1. The molecule has 1 heterocycles. The van der Waals surface area contributed by atoms with E-state index in [2.05, 4.69) is 11.9 Å². The van der Waals surface area contributed by atoms with E-state index in [4.69, 9.17) is 16.7 Å². The SMILES string of the molecule is Cc1cc(C)nc(Sc2ccc(CO)c(Cl)c2)c1. The van der Waals surface area contributed by atoms with Crippen molar-refractivity contribution in [3.63, 3.8) is 0 Å². The van der Waals surface area contributed by atoms with Gasteiger partial charge in [0.2, 0.25) is 0 Å². The van der Waals surface area contributed by atoms with E-state index >= 15 is 0 Å². The first-order chi connectivity index (χ1) is 8.58. The average Bonchev–Trinajstić information content (AvgIpc) is 2.27. The van der Waals surface area contributed by atoms with Gasteiger partial charge in [-0.25, -0.2) is 4.98 Å². The quantitative estimate of drug-likeness (QED) is 0.922. The van der Waals surface area contributed by atoms with Gasteiger partial charge in [0.25, 0.3) is 0 Å². The molecular formula is C14H14ClNOS. The van der Waals surface area contributed by atoms with Crippen molar-refractivity contribution in [2.75, 3.05) is 0 Å². The lowest BCUT2D eigenvalue weighted by Gasteiger charge is -2.06. The fourth-order valence-electron chi connectivity index (χ4n) is 1.70. The molecule has 1 aromatic carbocycles. The van der Waals surface area contributed by atoms with Crippen LogP contribution in [0.25, 0.3) is 0 Å². The number of aliphatic hydroxyl groups excluding tert-OH is 1. The zero-order valence-electron chi connectivity index (χ0n) is 10.3. The smallest absolute Gasteiger partial charge is 0.101 e. The molecule has 0 saturated heterocycles. The second kappa shape index (κ2) is 5.74. The van der Waals surface area contributed by atoms with E-state index in [1.165, 1.54) is 5.56 Å². The van der Waals surface area contributed by atoms with E-state index in [-0.39, 0.29) is 6.61 Å². The van der Waals surface area contributed by atoms with E-state index in [9.17, 15) is 0 Å². The molecule has 0 aliphatic rings. The van der Waals surface area contributed by atoms with Gasteiger partial charge in [0, 0.05) is 15.6 Å². The number of hydrogen-bond acceptors (Lipinski definition) is 3. The minimum atomic E-state index is -0.0361. The molecule has 0 radical (unpaired) electrons. The first-order valence-corrected chi connectivity index (χ1v) is 6.80. The molecule has 0 amide bonds. The summed E-state index contributed by atoms with van der Waals surface area (Å²) in [5, 5.41) is 10.6. The number of hydrogen-bond donors (Lipinski definition) is 1. The molecule has 0 spiro atoms. The van der Waals surface area contributed by atoms with Crippen molar-refractivity contribution < 1.29 is 5.11 Å². The van der Waals surface area contributed by atoms with Gasteiger partial charge < -0.3 is 5.11 Å². The summed E-state index contributed by atoms with van der Waals surface area (Å²) in [7, 11) is 0. The van der Waals surface area contributed by atoms with Crippen molar-refractivity contribution in [1.82, 2.24) is 4.98 Å². The number of benzene rings is 1. The molecule has 4 heteroatoms. The van der Waals surface area contributed by atoms with Crippen LogP contribution in [0.2, 0.25) is 5.02 Å². The molecule has 0 bridgehead atoms. The van der Waals surface area contributed by atoms with Crippen LogP contribution in [-0.2, 0) is 6.61 Å². The van der Waals surface area contributed by atoms with Gasteiger partial charge >= 0.3 is 0 Å². The summed E-state index contributed by atoms with van der Waals surface area (Å²) >= 11 is 7.64. The Hall–Kier alpha value is -1.03. The molecule has 94 valence electrons. The largest absolute Gasteiger partial charge is 0.392 e. The van der Waals surface area contributed by atoms with E-state index < -0.39 is 0 Å². The molecule has 2 aromatic rings. The van der Waals surface area contributed by atoms with Crippen LogP contribution in [0.4, 0.5) is 0 Å². The van der Waals surface area contributed by atoms with Crippen molar-refractivity contribution in [2.45, 2.75) is 30.4 Å². The Morgan fingerprint density at radius 2 is 2.00 bits per heavy atom. The van der Waals surface area contributed by atoms with Crippen LogP contribution >= 0.6 is 23.4 Å². The van der Waals surface area contributed by atoms with Gasteiger partial charge in [0.05, 0.1) is 6.61 Å². The van der Waals surface area contributed by atoms with Crippen LogP contribution in [0, 0.1) is 13.8 Å². The van der Waals surface area contributed by atoms with Gasteiger partial charge in [-0.05, 0) is 49.2 Å². The van der Waals surface area contributed by atoms with Crippen LogP contribution in [-0.4, -0.2) is 10.1 Å². The highest BCUT2D eigenvalue weighted by molar-refractivity contribution is 7.99. The highest BCUT2D eigenvalue weighted by Gasteiger charge is 2.04. The number of nitrogens with zero attached hydrogens (tertiary/aromatic N) is 1. The Kier molecular flexibility index (Phi) is 4.27. The van der Waals surface area contributed by atoms with Gasteiger partial charge in [-0.3, -0.25) is 0 Å². The minimum absolute atomic E-state index is 0.0361. The lowest BCUT2D eigenvalue weighted by molar-refractivity contribution is 0.282.